The molecule has 2 aromatic carbocycles. The van der Waals surface area contributed by atoms with Gasteiger partial charge in [-0.2, -0.15) is 5.10 Å². The second-order valence-electron chi connectivity index (χ2n) is 7.83. The Balaban J connectivity index is 1.51. The van der Waals surface area contributed by atoms with Gasteiger partial charge in [-0.3, -0.25) is 9.48 Å². The van der Waals surface area contributed by atoms with E-state index in [1.165, 1.54) is 5.56 Å². The first-order chi connectivity index (χ1) is 14.7. The van der Waals surface area contributed by atoms with E-state index >= 15 is 0 Å². The van der Waals surface area contributed by atoms with Crippen LogP contribution in [0, 0.1) is 0 Å². The number of hydrogen-bond donors (Lipinski definition) is 2. The van der Waals surface area contributed by atoms with Crippen LogP contribution in [0.2, 0.25) is 0 Å². The zero-order chi connectivity index (χ0) is 20.8. The van der Waals surface area contributed by atoms with Crippen molar-refractivity contribution in [2.75, 3.05) is 0 Å². The molecule has 0 spiro atoms. The quantitative estimate of drug-likeness (QED) is 0.613. The molecule has 0 bridgehead atoms. The lowest BCUT2D eigenvalue weighted by Crippen LogP contribution is -2.37. The highest BCUT2D eigenvalue weighted by Crippen LogP contribution is 2.24. The third-order valence-electron chi connectivity index (χ3n) is 5.48. The minimum atomic E-state index is -0.224. The van der Waals surface area contributed by atoms with Crippen LogP contribution in [0.15, 0.2) is 72.9 Å². The summed E-state index contributed by atoms with van der Waals surface area (Å²) >= 11 is 0. The molecule has 0 atom stereocenters. The Bertz CT molecular complexity index is 988. The molecule has 1 amide bonds. The molecule has 5 heteroatoms. The van der Waals surface area contributed by atoms with E-state index in [0.29, 0.717) is 6.54 Å². The topological polar surface area (TPSA) is 67.2 Å². The summed E-state index contributed by atoms with van der Waals surface area (Å²) in [6.45, 7) is 0.672. The van der Waals surface area contributed by atoms with Gasteiger partial charge in [-0.1, -0.05) is 60.7 Å². The maximum atomic E-state index is 12.4. The zero-order valence-corrected chi connectivity index (χ0v) is 16.9. The smallest absolute Gasteiger partial charge is 0.244 e. The molecule has 4 rings (SSSR count). The van der Waals surface area contributed by atoms with Crippen molar-refractivity contribution in [1.82, 2.24) is 15.1 Å². The van der Waals surface area contributed by atoms with Crippen molar-refractivity contribution in [1.29, 1.82) is 0 Å². The fourth-order valence-corrected chi connectivity index (χ4v) is 3.87. The molecular formula is C25H27N3O2. The van der Waals surface area contributed by atoms with Crippen LogP contribution in [0.3, 0.4) is 0 Å². The van der Waals surface area contributed by atoms with Gasteiger partial charge < -0.3 is 10.4 Å². The van der Waals surface area contributed by atoms with Gasteiger partial charge in [-0.15, -0.1) is 0 Å². The highest BCUT2D eigenvalue weighted by molar-refractivity contribution is 5.93. The predicted molar refractivity (Wildman–Crippen MR) is 119 cm³/mol. The first-order valence-electron chi connectivity index (χ1n) is 10.5. The van der Waals surface area contributed by atoms with Gasteiger partial charge in [0.25, 0.3) is 0 Å². The van der Waals surface area contributed by atoms with Crippen LogP contribution in [0.5, 0.6) is 0 Å². The molecule has 1 aliphatic rings. The second kappa shape index (κ2) is 9.55. The monoisotopic (exact) mass is 401 g/mol. The van der Waals surface area contributed by atoms with Crippen LogP contribution in [0.25, 0.3) is 17.3 Å². The largest absolute Gasteiger partial charge is 0.393 e. The number of carbonyl (C=O) groups excluding carboxylic acids is 1. The van der Waals surface area contributed by atoms with Crippen molar-refractivity contribution >= 4 is 12.0 Å². The van der Waals surface area contributed by atoms with E-state index in [1.807, 2.05) is 65.5 Å². The van der Waals surface area contributed by atoms with Crippen LogP contribution in [-0.4, -0.2) is 32.9 Å². The predicted octanol–water partition coefficient (Wildman–Crippen LogP) is 4.03. The highest BCUT2D eigenvalue weighted by atomic mass is 16.3. The molecule has 0 radical (unpaired) electrons. The van der Waals surface area contributed by atoms with Crippen LogP contribution in [0.1, 0.15) is 36.8 Å². The third-order valence-corrected chi connectivity index (χ3v) is 5.48. The van der Waals surface area contributed by atoms with Gasteiger partial charge >= 0.3 is 0 Å². The van der Waals surface area contributed by atoms with E-state index in [1.54, 1.807) is 6.08 Å². The Labute approximate surface area is 177 Å². The Morgan fingerprint density at radius 1 is 1.03 bits per heavy atom. The van der Waals surface area contributed by atoms with E-state index in [0.717, 1.165) is 42.5 Å². The fraction of sp³-hybridized carbons (Fsp3) is 0.280. The van der Waals surface area contributed by atoms with Gasteiger partial charge in [0.1, 0.15) is 0 Å². The third kappa shape index (κ3) is 5.24. The molecule has 1 saturated carbocycles. The Hall–Kier alpha value is -3.18. The number of amides is 1. The average Bonchev–Trinajstić information content (AvgIpc) is 3.18. The molecule has 1 aliphatic carbocycles. The molecule has 0 aliphatic heterocycles. The number of aromatic nitrogens is 2. The molecule has 2 N–H and O–H groups in total. The molecule has 3 aromatic rings. The lowest BCUT2D eigenvalue weighted by atomic mass is 9.93. The fourth-order valence-electron chi connectivity index (χ4n) is 3.87. The lowest BCUT2D eigenvalue weighted by molar-refractivity contribution is -0.117. The molecule has 30 heavy (non-hydrogen) atoms. The van der Waals surface area contributed by atoms with Crippen LogP contribution in [-0.2, 0) is 11.3 Å². The number of benzene rings is 2. The first-order valence-corrected chi connectivity index (χ1v) is 10.5. The van der Waals surface area contributed by atoms with E-state index in [4.69, 9.17) is 5.10 Å². The van der Waals surface area contributed by atoms with Gasteiger partial charge in [0.15, 0.2) is 0 Å². The Morgan fingerprint density at radius 2 is 1.70 bits per heavy atom. The minimum Gasteiger partial charge on any atom is -0.393 e. The summed E-state index contributed by atoms with van der Waals surface area (Å²) in [5.41, 5.74) is 3.96. The number of rotatable bonds is 6. The molecule has 5 nitrogen and oxygen atoms in total. The summed E-state index contributed by atoms with van der Waals surface area (Å²) in [6, 6.07) is 20.4. The van der Waals surface area contributed by atoms with Crippen molar-refractivity contribution in [2.24, 2.45) is 0 Å². The Morgan fingerprint density at radius 3 is 2.40 bits per heavy atom. The number of aliphatic hydroxyl groups excluding tert-OH is 1. The maximum Gasteiger partial charge on any atom is 0.244 e. The van der Waals surface area contributed by atoms with Crippen LogP contribution in [0.4, 0.5) is 0 Å². The van der Waals surface area contributed by atoms with E-state index in [9.17, 15) is 9.90 Å². The second-order valence-corrected chi connectivity index (χ2v) is 7.83. The van der Waals surface area contributed by atoms with Crippen molar-refractivity contribution in [2.45, 2.75) is 44.4 Å². The number of nitrogens with zero attached hydrogens (tertiary/aromatic N) is 2. The van der Waals surface area contributed by atoms with Gasteiger partial charge in [-0.25, -0.2) is 0 Å². The average molecular weight is 402 g/mol. The normalized spacial score (nSPS) is 19.1. The standard InChI is InChI=1S/C25H27N3O2/c29-23-14-12-22(13-15-23)26-24(30)16-11-21-18-28(17-19-7-3-1-4-8-19)27-25(21)20-9-5-2-6-10-20/h1-11,16,18,22-23,29H,12-15,17H2,(H,26,30)/b16-11+. The van der Waals surface area contributed by atoms with Gasteiger partial charge in [0.05, 0.1) is 18.3 Å². The zero-order valence-electron chi connectivity index (χ0n) is 16.9. The van der Waals surface area contributed by atoms with Crippen molar-refractivity contribution in [3.8, 4) is 11.3 Å². The maximum absolute atomic E-state index is 12.4. The van der Waals surface area contributed by atoms with Gasteiger partial charge in [-0.05, 0) is 37.3 Å². The van der Waals surface area contributed by atoms with Crippen LogP contribution >= 0.6 is 0 Å². The number of hydrogen-bond acceptors (Lipinski definition) is 3. The van der Waals surface area contributed by atoms with Gasteiger partial charge in [0, 0.05) is 29.4 Å². The lowest BCUT2D eigenvalue weighted by Gasteiger charge is -2.25. The van der Waals surface area contributed by atoms with E-state index in [2.05, 4.69) is 17.4 Å². The number of nitrogens with one attached hydrogen (secondary N) is 1. The minimum absolute atomic E-state index is 0.105. The molecule has 1 fully saturated rings. The van der Waals surface area contributed by atoms with Crippen molar-refractivity contribution < 1.29 is 9.90 Å². The van der Waals surface area contributed by atoms with Crippen LogP contribution < -0.4 is 5.32 Å². The summed E-state index contributed by atoms with van der Waals surface area (Å²) in [4.78, 5) is 12.4. The highest BCUT2D eigenvalue weighted by Gasteiger charge is 2.20. The molecule has 0 saturated heterocycles. The Kier molecular flexibility index (Phi) is 6.40. The van der Waals surface area contributed by atoms with Gasteiger partial charge in [0.2, 0.25) is 5.91 Å². The summed E-state index contributed by atoms with van der Waals surface area (Å²) in [5.74, 6) is -0.105. The molecular weight excluding hydrogens is 374 g/mol. The van der Waals surface area contributed by atoms with Crippen molar-refractivity contribution in [3.63, 3.8) is 0 Å². The summed E-state index contributed by atoms with van der Waals surface area (Å²) in [5, 5.41) is 17.5. The molecule has 1 heterocycles. The summed E-state index contributed by atoms with van der Waals surface area (Å²) in [7, 11) is 0. The molecule has 0 unspecified atom stereocenters. The molecule has 154 valence electrons. The first kappa shape index (κ1) is 20.1. The number of aliphatic hydroxyl groups is 1. The summed E-state index contributed by atoms with van der Waals surface area (Å²) in [6.07, 6.45) is 8.33. The SMILES string of the molecule is O=C(/C=C/c1cn(Cc2ccccc2)nc1-c1ccccc1)NC1CCC(O)CC1. The van der Waals surface area contributed by atoms with Crippen molar-refractivity contribution in [3.05, 3.63) is 84.1 Å². The van der Waals surface area contributed by atoms with E-state index < -0.39 is 0 Å². The number of carbonyl (C=O) groups is 1. The van der Waals surface area contributed by atoms with E-state index in [-0.39, 0.29) is 18.1 Å². The summed E-state index contributed by atoms with van der Waals surface area (Å²) < 4.78 is 1.91. The molecule has 1 aromatic heterocycles.